The summed E-state index contributed by atoms with van der Waals surface area (Å²) < 4.78 is 5.05. The summed E-state index contributed by atoms with van der Waals surface area (Å²) in [6.45, 7) is 3.80. The van der Waals surface area contributed by atoms with E-state index in [0.29, 0.717) is 27.8 Å². The first kappa shape index (κ1) is 20.9. The predicted molar refractivity (Wildman–Crippen MR) is 123 cm³/mol. The lowest BCUT2D eigenvalue weighted by molar-refractivity contribution is -0.136. The molecule has 158 valence electrons. The van der Waals surface area contributed by atoms with Crippen molar-refractivity contribution in [2.45, 2.75) is 24.9 Å². The van der Waals surface area contributed by atoms with E-state index in [4.69, 9.17) is 4.74 Å². The number of rotatable bonds is 5. The summed E-state index contributed by atoms with van der Waals surface area (Å²) in [5, 5.41) is 3.68. The monoisotopic (exact) mass is 433 g/mol. The van der Waals surface area contributed by atoms with Gasteiger partial charge >= 0.3 is 5.97 Å². The van der Waals surface area contributed by atoms with E-state index < -0.39 is 11.9 Å². The molecule has 0 amide bonds. The van der Waals surface area contributed by atoms with Crippen LogP contribution in [0.2, 0.25) is 0 Å². The first-order chi connectivity index (χ1) is 15.0. The molecule has 0 radical (unpaired) electrons. The summed E-state index contributed by atoms with van der Waals surface area (Å²) in [4.78, 5) is 33.2. The lowest BCUT2D eigenvalue weighted by Crippen LogP contribution is -2.31. The number of aromatic amines is 1. The number of anilines is 1. The molecule has 0 saturated carbocycles. The zero-order chi connectivity index (χ0) is 22.0. The van der Waals surface area contributed by atoms with Crippen LogP contribution in [-0.2, 0) is 9.53 Å². The number of hydrogen-bond acceptors (Lipinski definition) is 6. The Hall–Kier alpha value is -3.32. The zero-order valence-electron chi connectivity index (χ0n) is 17.6. The molecule has 0 spiro atoms. The first-order valence-electron chi connectivity index (χ1n) is 10.0. The van der Waals surface area contributed by atoms with Crippen LogP contribution in [0.15, 0.2) is 75.8 Å². The van der Waals surface area contributed by atoms with Crippen LogP contribution in [-0.4, -0.2) is 28.8 Å². The standard InChI is InChI=1S/C24H23N3O3S/c1-4-31-24-26-21-20(22(28)27-24)19(18(14(2)25-21)23(29)30-3)17-12-10-16(11-13-17)15-8-6-5-7-9-15/h5-13,19H,4H2,1-3H3,(H2,25,26,27,28). The number of allylic oxidation sites excluding steroid dienone is 1. The van der Waals surface area contributed by atoms with Crippen LogP contribution in [0.5, 0.6) is 0 Å². The third-order valence-corrected chi connectivity index (χ3v) is 6.01. The molecule has 1 aliphatic rings. The van der Waals surface area contributed by atoms with Crippen LogP contribution in [0.4, 0.5) is 5.82 Å². The Labute approximate surface area is 184 Å². The highest BCUT2D eigenvalue weighted by molar-refractivity contribution is 7.99. The molecule has 2 aromatic carbocycles. The Kier molecular flexibility index (Phi) is 5.95. The van der Waals surface area contributed by atoms with Gasteiger partial charge in [-0.15, -0.1) is 0 Å². The van der Waals surface area contributed by atoms with Gasteiger partial charge in [0.15, 0.2) is 5.16 Å². The minimum absolute atomic E-state index is 0.264. The minimum Gasteiger partial charge on any atom is -0.466 e. The van der Waals surface area contributed by atoms with Crippen molar-refractivity contribution in [3.05, 3.63) is 87.3 Å². The molecule has 0 fully saturated rings. The van der Waals surface area contributed by atoms with Gasteiger partial charge in [0.25, 0.3) is 5.56 Å². The van der Waals surface area contributed by atoms with Crippen LogP contribution in [0.25, 0.3) is 11.1 Å². The Bertz CT molecular complexity index is 1200. The topological polar surface area (TPSA) is 84.1 Å². The van der Waals surface area contributed by atoms with E-state index in [-0.39, 0.29) is 5.56 Å². The number of carbonyl (C=O) groups excluding carboxylic acids is 1. The maximum absolute atomic E-state index is 13.1. The van der Waals surface area contributed by atoms with Gasteiger partial charge in [-0.2, -0.15) is 0 Å². The second-order valence-electron chi connectivity index (χ2n) is 7.14. The van der Waals surface area contributed by atoms with Gasteiger partial charge in [0.05, 0.1) is 24.2 Å². The van der Waals surface area contributed by atoms with Crippen molar-refractivity contribution in [3.8, 4) is 11.1 Å². The van der Waals surface area contributed by atoms with Crippen LogP contribution >= 0.6 is 11.8 Å². The highest BCUT2D eigenvalue weighted by atomic mass is 32.2. The average molecular weight is 434 g/mol. The SMILES string of the molecule is CCSc1nc2c(c(=O)[nH]1)C(c1ccc(-c3ccccc3)cc1)C(C(=O)OC)=C(C)N2. The molecular formula is C24H23N3O3S. The third-order valence-electron chi connectivity index (χ3n) is 5.26. The molecule has 7 heteroatoms. The molecule has 1 atom stereocenters. The second-order valence-corrected chi connectivity index (χ2v) is 8.40. The van der Waals surface area contributed by atoms with Crippen LogP contribution in [0.1, 0.15) is 30.9 Å². The fourth-order valence-electron chi connectivity index (χ4n) is 3.85. The molecule has 2 heterocycles. The zero-order valence-corrected chi connectivity index (χ0v) is 18.4. The van der Waals surface area contributed by atoms with E-state index in [1.54, 1.807) is 6.92 Å². The van der Waals surface area contributed by atoms with Crippen molar-refractivity contribution in [2.24, 2.45) is 0 Å². The summed E-state index contributed by atoms with van der Waals surface area (Å²) in [6.07, 6.45) is 0. The minimum atomic E-state index is -0.578. The Morgan fingerprint density at radius 2 is 1.77 bits per heavy atom. The molecule has 1 aliphatic heterocycles. The molecule has 0 aliphatic carbocycles. The van der Waals surface area contributed by atoms with Gasteiger partial charge in [-0.05, 0) is 29.4 Å². The normalized spacial score (nSPS) is 15.3. The van der Waals surface area contributed by atoms with Crippen LogP contribution in [0.3, 0.4) is 0 Å². The molecule has 0 bridgehead atoms. The smallest absolute Gasteiger partial charge is 0.336 e. The van der Waals surface area contributed by atoms with Crippen LogP contribution < -0.4 is 10.9 Å². The van der Waals surface area contributed by atoms with Crippen molar-refractivity contribution >= 4 is 23.5 Å². The van der Waals surface area contributed by atoms with Crippen molar-refractivity contribution in [2.75, 3.05) is 18.2 Å². The Morgan fingerprint density at radius 3 is 2.42 bits per heavy atom. The third kappa shape index (κ3) is 4.01. The molecule has 31 heavy (non-hydrogen) atoms. The van der Waals surface area contributed by atoms with Gasteiger partial charge in [-0.25, -0.2) is 9.78 Å². The Balaban J connectivity index is 1.86. The number of H-pyrrole nitrogens is 1. The van der Waals surface area contributed by atoms with E-state index >= 15 is 0 Å². The number of ether oxygens (including phenoxy) is 1. The molecule has 2 N–H and O–H groups in total. The maximum Gasteiger partial charge on any atom is 0.336 e. The van der Waals surface area contributed by atoms with E-state index in [2.05, 4.69) is 15.3 Å². The largest absolute Gasteiger partial charge is 0.466 e. The van der Waals surface area contributed by atoms with Gasteiger partial charge in [0.2, 0.25) is 0 Å². The summed E-state index contributed by atoms with van der Waals surface area (Å²) in [5.41, 5.74) is 4.16. The fraction of sp³-hybridized carbons (Fsp3) is 0.208. The fourth-order valence-corrected chi connectivity index (χ4v) is 4.44. The lowest BCUT2D eigenvalue weighted by Gasteiger charge is -2.28. The van der Waals surface area contributed by atoms with E-state index in [9.17, 15) is 9.59 Å². The second kappa shape index (κ2) is 8.81. The van der Waals surface area contributed by atoms with E-state index in [1.165, 1.54) is 18.9 Å². The number of nitrogens with zero attached hydrogens (tertiary/aromatic N) is 1. The average Bonchev–Trinajstić information content (AvgIpc) is 2.78. The van der Waals surface area contributed by atoms with Gasteiger partial charge in [-0.3, -0.25) is 4.79 Å². The number of esters is 1. The molecule has 1 unspecified atom stereocenters. The van der Waals surface area contributed by atoms with E-state index in [1.807, 2.05) is 61.5 Å². The van der Waals surface area contributed by atoms with Gasteiger partial charge in [0.1, 0.15) is 5.82 Å². The van der Waals surface area contributed by atoms with Gasteiger partial charge in [0, 0.05) is 5.70 Å². The summed E-state index contributed by atoms with van der Waals surface area (Å²) in [5.74, 6) is 0.209. The van der Waals surface area contributed by atoms with Crippen molar-refractivity contribution in [3.63, 3.8) is 0 Å². The molecule has 4 rings (SSSR count). The van der Waals surface area contributed by atoms with Gasteiger partial charge in [-0.1, -0.05) is 73.3 Å². The molecule has 1 aromatic heterocycles. The first-order valence-corrected chi connectivity index (χ1v) is 11.0. The molecule has 0 saturated heterocycles. The van der Waals surface area contributed by atoms with Gasteiger partial charge < -0.3 is 15.0 Å². The number of fused-ring (bicyclic) bond motifs is 1. The molecule has 3 aromatic rings. The number of hydrogen-bond donors (Lipinski definition) is 2. The number of aromatic nitrogens is 2. The maximum atomic E-state index is 13.1. The highest BCUT2D eigenvalue weighted by Crippen LogP contribution is 2.40. The Morgan fingerprint density at radius 1 is 1.10 bits per heavy atom. The summed E-state index contributed by atoms with van der Waals surface area (Å²) in [6, 6.07) is 17.9. The summed E-state index contributed by atoms with van der Waals surface area (Å²) in [7, 11) is 1.34. The number of nitrogens with one attached hydrogen (secondary N) is 2. The summed E-state index contributed by atoms with van der Waals surface area (Å²) >= 11 is 1.46. The van der Waals surface area contributed by atoms with Crippen LogP contribution in [0, 0.1) is 0 Å². The van der Waals surface area contributed by atoms with E-state index in [0.717, 1.165) is 22.4 Å². The van der Waals surface area contributed by atoms with Crippen molar-refractivity contribution in [1.29, 1.82) is 0 Å². The number of thioether (sulfide) groups is 1. The van der Waals surface area contributed by atoms with Crippen molar-refractivity contribution in [1.82, 2.24) is 9.97 Å². The molecule has 6 nitrogen and oxygen atoms in total. The quantitative estimate of drug-likeness (QED) is 0.349. The highest BCUT2D eigenvalue weighted by Gasteiger charge is 2.36. The predicted octanol–water partition coefficient (Wildman–Crippen LogP) is 4.55. The molecular weight excluding hydrogens is 410 g/mol. The number of benzene rings is 2. The number of carbonyl (C=O) groups is 1. The number of methoxy groups -OCH3 is 1. The lowest BCUT2D eigenvalue weighted by atomic mass is 9.82. The van der Waals surface area contributed by atoms with Crippen molar-refractivity contribution < 1.29 is 9.53 Å².